The smallest absolute Gasteiger partial charge is 0.100 e. The van der Waals surface area contributed by atoms with Crippen molar-refractivity contribution < 1.29 is 0 Å². The molecule has 4 heterocycles. The molecule has 0 spiro atoms. The number of benzene rings is 1. The van der Waals surface area contributed by atoms with Crippen LogP contribution in [0.1, 0.15) is 30.0 Å². The molecule has 0 radical (unpaired) electrons. The summed E-state index contributed by atoms with van der Waals surface area (Å²) in [6.07, 6.45) is 11.9. The first kappa shape index (κ1) is 20.5. The van der Waals surface area contributed by atoms with Crippen molar-refractivity contribution in [3.63, 3.8) is 0 Å². The van der Waals surface area contributed by atoms with E-state index in [1.54, 1.807) is 18.8 Å². The molecule has 0 aliphatic carbocycles. The molecular weight excluding hydrogens is 418 g/mol. The standard InChI is InChI=1S/C24H23N7S/c1-26-12-19-13-29-31-15-18(20-14-28-30(16-20)21-6-8-27-9-7-21)10-23(24(19)31)32-22-5-3-2-4-17(22)11-25/h2-5,10,12-16,21,27H,6-9H2,1H3/b26-12-. The minimum atomic E-state index is 0.433. The highest BCUT2D eigenvalue weighted by Gasteiger charge is 2.18. The van der Waals surface area contributed by atoms with Gasteiger partial charge in [-0.2, -0.15) is 15.5 Å². The predicted molar refractivity (Wildman–Crippen MR) is 126 cm³/mol. The van der Waals surface area contributed by atoms with E-state index in [4.69, 9.17) is 0 Å². The summed E-state index contributed by atoms with van der Waals surface area (Å²) < 4.78 is 3.99. The van der Waals surface area contributed by atoms with E-state index >= 15 is 0 Å². The van der Waals surface area contributed by atoms with Gasteiger partial charge in [0.1, 0.15) is 6.07 Å². The third-order valence-electron chi connectivity index (χ3n) is 5.72. The fraction of sp³-hybridized carbons (Fsp3) is 0.250. The first-order chi connectivity index (χ1) is 15.8. The Morgan fingerprint density at radius 3 is 2.78 bits per heavy atom. The number of hydrogen-bond acceptors (Lipinski definition) is 6. The number of rotatable bonds is 5. The lowest BCUT2D eigenvalue weighted by molar-refractivity contribution is 0.343. The molecule has 0 unspecified atom stereocenters. The molecule has 1 aliphatic rings. The van der Waals surface area contributed by atoms with Crippen molar-refractivity contribution in [3.8, 4) is 17.2 Å². The molecule has 0 atom stereocenters. The van der Waals surface area contributed by atoms with Gasteiger partial charge in [0.15, 0.2) is 0 Å². The summed E-state index contributed by atoms with van der Waals surface area (Å²) in [4.78, 5) is 6.12. The fourth-order valence-electron chi connectivity index (χ4n) is 4.10. The molecule has 4 aromatic rings. The maximum absolute atomic E-state index is 9.55. The predicted octanol–water partition coefficient (Wildman–Crippen LogP) is 4.19. The molecule has 1 aromatic carbocycles. The maximum atomic E-state index is 9.55. The first-order valence-electron chi connectivity index (χ1n) is 10.6. The minimum absolute atomic E-state index is 0.433. The normalized spacial score (nSPS) is 14.9. The van der Waals surface area contributed by atoms with Gasteiger partial charge in [0.25, 0.3) is 0 Å². The molecule has 0 bridgehead atoms. The van der Waals surface area contributed by atoms with Gasteiger partial charge in [-0.1, -0.05) is 23.9 Å². The van der Waals surface area contributed by atoms with Gasteiger partial charge in [-0.25, -0.2) is 4.52 Å². The Bertz CT molecular complexity index is 1320. The Morgan fingerprint density at radius 1 is 1.12 bits per heavy atom. The first-order valence-corrected chi connectivity index (χ1v) is 11.4. The Hall–Kier alpha value is -3.41. The fourth-order valence-corrected chi connectivity index (χ4v) is 5.20. The van der Waals surface area contributed by atoms with Crippen molar-refractivity contribution in [1.29, 1.82) is 5.26 Å². The number of hydrogen-bond donors (Lipinski definition) is 1. The van der Waals surface area contributed by atoms with E-state index in [1.165, 1.54) is 0 Å². The molecule has 1 aliphatic heterocycles. The molecular formula is C24H23N7S. The van der Waals surface area contributed by atoms with Crippen LogP contribution in [0.25, 0.3) is 16.6 Å². The second-order valence-corrected chi connectivity index (χ2v) is 8.86. The van der Waals surface area contributed by atoms with Crippen molar-refractivity contribution in [2.24, 2.45) is 4.99 Å². The third-order valence-corrected chi connectivity index (χ3v) is 6.83. The van der Waals surface area contributed by atoms with Crippen LogP contribution < -0.4 is 5.32 Å². The highest BCUT2D eigenvalue weighted by molar-refractivity contribution is 7.99. The number of nitrogens with one attached hydrogen (secondary N) is 1. The Morgan fingerprint density at radius 2 is 1.97 bits per heavy atom. The SMILES string of the molecule is C/N=C\c1cnn2cc(-c3cnn(C4CCNCC4)c3)cc(Sc3ccccc3C#N)c12. The maximum Gasteiger partial charge on any atom is 0.100 e. The number of nitriles is 1. The molecule has 0 amide bonds. The number of nitrogens with zero attached hydrogens (tertiary/aromatic N) is 6. The van der Waals surface area contributed by atoms with E-state index in [0.717, 1.165) is 57.9 Å². The van der Waals surface area contributed by atoms with E-state index in [0.29, 0.717) is 11.6 Å². The van der Waals surface area contributed by atoms with Crippen LogP contribution in [-0.2, 0) is 0 Å². The molecule has 1 saturated heterocycles. The van der Waals surface area contributed by atoms with Crippen molar-refractivity contribution >= 4 is 23.5 Å². The lowest BCUT2D eigenvalue weighted by Crippen LogP contribution is -2.29. The van der Waals surface area contributed by atoms with E-state index < -0.39 is 0 Å². The van der Waals surface area contributed by atoms with Crippen LogP contribution in [0.2, 0.25) is 0 Å². The molecule has 3 aromatic heterocycles. The van der Waals surface area contributed by atoms with E-state index in [2.05, 4.69) is 43.5 Å². The van der Waals surface area contributed by atoms with E-state index in [1.807, 2.05) is 53.6 Å². The van der Waals surface area contributed by atoms with Crippen LogP contribution in [0.5, 0.6) is 0 Å². The molecule has 0 saturated carbocycles. The molecule has 32 heavy (non-hydrogen) atoms. The van der Waals surface area contributed by atoms with Gasteiger partial charge in [0, 0.05) is 52.1 Å². The van der Waals surface area contributed by atoms with Crippen molar-refractivity contribution in [3.05, 3.63) is 66.2 Å². The summed E-state index contributed by atoms with van der Waals surface area (Å²) >= 11 is 1.58. The highest BCUT2D eigenvalue weighted by atomic mass is 32.2. The van der Waals surface area contributed by atoms with Gasteiger partial charge in [-0.15, -0.1) is 0 Å². The van der Waals surface area contributed by atoms with E-state index in [-0.39, 0.29) is 0 Å². The van der Waals surface area contributed by atoms with Crippen LogP contribution in [-0.4, -0.2) is 45.7 Å². The summed E-state index contributed by atoms with van der Waals surface area (Å²) in [6.45, 7) is 2.06. The van der Waals surface area contributed by atoms with Crippen LogP contribution >= 0.6 is 11.8 Å². The molecule has 8 heteroatoms. The largest absolute Gasteiger partial charge is 0.317 e. The number of pyridine rings is 1. The summed E-state index contributed by atoms with van der Waals surface area (Å²) in [7, 11) is 1.75. The number of aromatic nitrogens is 4. The Balaban J connectivity index is 1.59. The highest BCUT2D eigenvalue weighted by Crippen LogP contribution is 2.37. The average molecular weight is 442 g/mol. The molecule has 160 valence electrons. The molecule has 1 fully saturated rings. The summed E-state index contributed by atoms with van der Waals surface area (Å²) in [5, 5.41) is 22.2. The van der Waals surface area contributed by atoms with Gasteiger partial charge in [-0.05, 0) is 44.1 Å². The van der Waals surface area contributed by atoms with Gasteiger partial charge in [-0.3, -0.25) is 9.67 Å². The van der Waals surface area contributed by atoms with E-state index in [9.17, 15) is 5.26 Å². The zero-order valence-electron chi connectivity index (χ0n) is 17.8. The summed E-state index contributed by atoms with van der Waals surface area (Å²) in [6, 6.07) is 12.6. The van der Waals surface area contributed by atoms with Crippen molar-refractivity contribution in [2.45, 2.75) is 28.7 Å². The third kappa shape index (κ3) is 3.93. The number of fused-ring (bicyclic) bond motifs is 1. The van der Waals surface area contributed by atoms with Gasteiger partial charge in [0.05, 0.1) is 29.5 Å². The zero-order valence-corrected chi connectivity index (χ0v) is 18.6. The summed E-state index contributed by atoms with van der Waals surface area (Å²) in [5.74, 6) is 0. The van der Waals surface area contributed by atoms with Crippen molar-refractivity contribution in [1.82, 2.24) is 24.7 Å². The van der Waals surface area contributed by atoms with Crippen LogP contribution in [0.3, 0.4) is 0 Å². The van der Waals surface area contributed by atoms with Crippen molar-refractivity contribution in [2.75, 3.05) is 20.1 Å². The van der Waals surface area contributed by atoms with Gasteiger partial charge < -0.3 is 5.32 Å². The van der Waals surface area contributed by atoms with Crippen LogP contribution in [0, 0.1) is 11.3 Å². The second kappa shape index (κ2) is 8.99. The van der Waals surface area contributed by atoms with Crippen LogP contribution in [0.4, 0.5) is 0 Å². The second-order valence-electron chi connectivity index (χ2n) is 7.77. The quantitative estimate of drug-likeness (QED) is 0.470. The monoisotopic (exact) mass is 441 g/mol. The lowest BCUT2D eigenvalue weighted by Gasteiger charge is -2.22. The molecule has 7 nitrogen and oxygen atoms in total. The zero-order chi connectivity index (χ0) is 21.9. The van der Waals surface area contributed by atoms with Gasteiger partial charge in [0.2, 0.25) is 0 Å². The Labute approximate surface area is 190 Å². The molecule has 1 N–H and O–H groups in total. The minimum Gasteiger partial charge on any atom is -0.317 e. The average Bonchev–Trinajstić information content (AvgIpc) is 3.48. The summed E-state index contributed by atoms with van der Waals surface area (Å²) in [5.41, 5.74) is 4.68. The Kier molecular flexibility index (Phi) is 5.75. The topological polar surface area (TPSA) is 83.3 Å². The van der Waals surface area contributed by atoms with Gasteiger partial charge >= 0.3 is 0 Å². The lowest BCUT2D eigenvalue weighted by atomic mass is 10.1. The number of aliphatic imine (C=N–C) groups is 1. The van der Waals surface area contributed by atoms with Crippen LogP contribution in [0.15, 0.2) is 69.9 Å². The molecule has 5 rings (SSSR count). The number of piperidine rings is 1.